The van der Waals surface area contributed by atoms with E-state index in [0.29, 0.717) is 0 Å². The zero-order chi connectivity index (χ0) is 14.7. The molecule has 0 bridgehead atoms. The molecule has 4 nitrogen and oxygen atoms in total. The first-order valence-corrected chi connectivity index (χ1v) is 6.58. The Morgan fingerprint density at radius 1 is 1.35 bits per heavy atom. The van der Waals surface area contributed by atoms with Crippen LogP contribution in [0.3, 0.4) is 0 Å². The normalized spacial score (nSPS) is 17.8. The maximum absolute atomic E-state index is 13.2. The molecule has 1 aliphatic rings. The van der Waals surface area contributed by atoms with Crippen LogP contribution < -0.4 is 5.32 Å². The van der Waals surface area contributed by atoms with E-state index in [0.717, 1.165) is 25.0 Å². The largest absolute Gasteiger partial charge is 0.481 e. The zero-order valence-corrected chi connectivity index (χ0v) is 10.9. The molecule has 2 atom stereocenters. The fraction of sp³-hybridized carbons (Fsp3) is 0.500. The van der Waals surface area contributed by atoms with Crippen LogP contribution in [0.4, 0.5) is 8.78 Å². The number of hydrogen-bond donors (Lipinski definition) is 3. The third-order valence-corrected chi connectivity index (χ3v) is 3.36. The lowest BCUT2D eigenvalue weighted by atomic mass is 9.98. The first-order valence-electron chi connectivity index (χ1n) is 6.58. The number of benzene rings is 1. The van der Waals surface area contributed by atoms with Gasteiger partial charge in [-0.15, -0.1) is 0 Å². The highest BCUT2D eigenvalue weighted by molar-refractivity contribution is 5.66. The lowest BCUT2D eigenvalue weighted by Gasteiger charge is -2.24. The molecule has 1 saturated carbocycles. The van der Waals surface area contributed by atoms with E-state index < -0.39 is 29.7 Å². The molecule has 110 valence electrons. The summed E-state index contributed by atoms with van der Waals surface area (Å²) in [5.74, 6) is -2.95. The summed E-state index contributed by atoms with van der Waals surface area (Å²) in [6, 6.07) is 3.00. The first-order chi connectivity index (χ1) is 9.47. The number of hydrogen-bond acceptors (Lipinski definition) is 3. The van der Waals surface area contributed by atoms with E-state index >= 15 is 0 Å². The fourth-order valence-corrected chi connectivity index (χ4v) is 2.09. The Labute approximate surface area is 115 Å². The Hall–Kier alpha value is -1.53. The van der Waals surface area contributed by atoms with Crippen molar-refractivity contribution < 1.29 is 23.8 Å². The van der Waals surface area contributed by atoms with E-state index in [2.05, 4.69) is 5.32 Å². The molecule has 20 heavy (non-hydrogen) atoms. The fourth-order valence-electron chi connectivity index (χ4n) is 2.09. The van der Waals surface area contributed by atoms with Gasteiger partial charge in [0, 0.05) is 18.5 Å². The van der Waals surface area contributed by atoms with Gasteiger partial charge >= 0.3 is 5.97 Å². The van der Waals surface area contributed by atoms with Crippen LogP contribution in [-0.2, 0) is 4.79 Å². The van der Waals surface area contributed by atoms with Gasteiger partial charge < -0.3 is 15.5 Å². The summed E-state index contributed by atoms with van der Waals surface area (Å²) in [5, 5.41) is 22.1. The van der Waals surface area contributed by atoms with Crippen molar-refractivity contribution in [1.82, 2.24) is 5.32 Å². The molecule has 2 rings (SSSR count). The maximum atomic E-state index is 13.2. The van der Waals surface area contributed by atoms with Gasteiger partial charge in [-0.25, -0.2) is 8.78 Å². The van der Waals surface area contributed by atoms with Crippen LogP contribution in [0.5, 0.6) is 0 Å². The molecule has 0 aliphatic heterocycles. The summed E-state index contributed by atoms with van der Waals surface area (Å²) in [5.41, 5.74) is 0.243. The molecule has 1 fully saturated rings. The van der Waals surface area contributed by atoms with Gasteiger partial charge in [0.2, 0.25) is 0 Å². The predicted molar refractivity (Wildman–Crippen MR) is 68.1 cm³/mol. The van der Waals surface area contributed by atoms with Crippen LogP contribution in [0, 0.1) is 11.6 Å². The highest BCUT2D eigenvalue weighted by Crippen LogP contribution is 2.26. The number of aliphatic hydroxyl groups is 1. The third kappa shape index (κ3) is 3.98. The Morgan fingerprint density at radius 3 is 2.60 bits per heavy atom. The van der Waals surface area contributed by atoms with Crippen molar-refractivity contribution in [3.05, 3.63) is 35.4 Å². The highest BCUT2D eigenvalue weighted by atomic mass is 19.2. The maximum Gasteiger partial charge on any atom is 0.303 e. The van der Waals surface area contributed by atoms with Crippen molar-refractivity contribution in [2.45, 2.75) is 43.9 Å². The molecule has 2 unspecified atom stereocenters. The second-order valence-corrected chi connectivity index (χ2v) is 5.10. The molecule has 0 amide bonds. The Kier molecular flexibility index (Phi) is 4.67. The van der Waals surface area contributed by atoms with E-state index in [1.807, 2.05) is 0 Å². The van der Waals surface area contributed by atoms with Gasteiger partial charge in [-0.3, -0.25) is 4.79 Å². The number of carboxylic acid groups (broad SMARTS) is 1. The van der Waals surface area contributed by atoms with Crippen LogP contribution in [-0.4, -0.2) is 28.3 Å². The summed E-state index contributed by atoms with van der Waals surface area (Å²) in [6.07, 6.45) is 1.03. The molecule has 0 heterocycles. The van der Waals surface area contributed by atoms with Crippen molar-refractivity contribution in [3.63, 3.8) is 0 Å². The van der Waals surface area contributed by atoms with E-state index in [4.69, 9.17) is 5.11 Å². The summed E-state index contributed by atoms with van der Waals surface area (Å²) >= 11 is 0. The molecule has 0 saturated heterocycles. The van der Waals surface area contributed by atoms with Crippen molar-refractivity contribution >= 4 is 5.97 Å². The molecule has 1 aliphatic carbocycles. The Bertz CT molecular complexity index is 491. The SMILES string of the molecule is O=C(O)CCC(NC1CC1)C(O)c1ccc(F)c(F)c1. The average molecular weight is 285 g/mol. The molecule has 0 radical (unpaired) electrons. The summed E-state index contributed by atoms with van der Waals surface area (Å²) in [7, 11) is 0. The lowest BCUT2D eigenvalue weighted by Crippen LogP contribution is -2.37. The summed E-state index contributed by atoms with van der Waals surface area (Å²) in [6.45, 7) is 0. The highest BCUT2D eigenvalue weighted by Gasteiger charge is 2.29. The quantitative estimate of drug-likeness (QED) is 0.716. The monoisotopic (exact) mass is 285 g/mol. The van der Waals surface area contributed by atoms with Crippen molar-refractivity contribution in [2.75, 3.05) is 0 Å². The van der Waals surface area contributed by atoms with E-state index in [-0.39, 0.29) is 24.4 Å². The molecular formula is C14H17F2NO3. The Morgan fingerprint density at radius 2 is 2.05 bits per heavy atom. The van der Waals surface area contributed by atoms with Gasteiger partial charge in [0.1, 0.15) is 0 Å². The number of nitrogens with one attached hydrogen (secondary N) is 1. The number of carboxylic acids is 1. The topological polar surface area (TPSA) is 69.6 Å². The van der Waals surface area contributed by atoms with Crippen LogP contribution in [0.2, 0.25) is 0 Å². The van der Waals surface area contributed by atoms with Crippen LogP contribution in [0.25, 0.3) is 0 Å². The lowest BCUT2D eigenvalue weighted by molar-refractivity contribution is -0.137. The van der Waals surface area contributed by atoms with Gasteiger partial charge in [-0.1, -0.05) is 6.07 Å². The van der Waals surface area contributed by atoms with Crippen LogP contribution in [0.15, 0.2) is 18.2 Å². The van der Waals surface area contributed by atoms with Crippen LogP contribution >= 0.6 is 0 Å². The molecule has 0 aromatic heterocycles. The van der Waals surface area contributed by atoms with Crippen molar-refractivity contribution in [3.8, 4) is 0 Å². The number of halogens is 2. The molecular weight excluding hydrogens is 268 g/mol. The second-order valence-electron chi connectivity index (χ2n) is 5.10. The van der Waals surface area contributed by atoms with E-state index in [9.17, 15) is 18.7 Å². The van der Waals surface area contributed by atoms with Gasteiger partial charge in [-0.05, 0) is 37.0 Å². The molecule has 0 spiro atoms. The summed E-state index contributed by atoms with van der Waals surface area (Å²) < 4.78 is 26.1. The van der Waals surface area contributed by atoms with Gasteiger partial charge in [0.15, 0.2) is 11.6 Å². The molecule has 3 N–H and O–H groups in total. The van der Waals surface area contributed by atoms with Crippen molar-refractivity contribution in [2.24, 2.45) is 0 Å². The summed E-state index contributed by atoms with van der Waals surface area (Å²) in [4.78, 5) is 10.6. The minimum absolute atomic E-state index is 0.0921. The van der Waals surface area contributed by atoms with E-state index in [1.165, 1.54) is 6.07 Å². The molecule has 1 aromatic rings. The molecule has 1 aromatic carbocycles. The standard InChI is InChI=1S/C14H17F2NO3/c15-10-4-1-8(7-11(10)16)14(20)12(5-6-13(18)19)17-9-2-3-9/h1,4,7,9,12,14,17,20H,2-3,5-6H2,(H,18,19). The number of aliphatic carboxylic acids is 1. The smallest absolute Gasteiger partial charge is 0.303 e. The minimum Gasteiger partial charge on any atom is -0.481 e. The van der Waals surface area contributed by atoms with Gasteiger partial charge in [0.25, 0.3) is 0 Å². The third-order valence-electron chi connectivity index (χ3n) is 3.36. The second kappa shape index (κ2) is 6.28. The van der Waals surface area contributed by atoms with Crippen molar-refractivity contribution in [1.29, 1.82) is 0 Å². The minimum atomic E-state index is -1.06. The van der Waals surface area contributed by atoms with Gasteiger partial charge in [-0.2, -0.15) is 0 Å². The number of rotatable bonds is 7. The average Bonchev–Trinajstić information content (AvgIpc) is 3.20. The van der Waals surface area contributed by atoms with E-state index in [1.54, 1.807) is 0 Å². The van der Waals surface area contributed by atoms with Crippen LogP contribution in [0.1, 0.15) is 37.4 Å². The first kappa shape index (κ1) is 14.9. The Balaban J connectivity index is 2.08. The predicted octanol–water partition coefficient (Wildman–Crippen LogP) is 1.98. The van der Waals surface area contributed by atoms with Gasteiger partial charge in [0.05, 0.1) is 6.10 Å². The molecule has 6 heteroatoms. The zero-order valence-electron chi connectivity index (χ0n) is 10.9. The number of carbonyl (C=O) groups is 1. The number of aliphatic hydroxyl groups excluding tert-OH is 1.